The highest BCUT2D eigenvalue weighted by Gasteiger charge is 2.13. The van der Waals surface area contributed by atoms with E-state index in [1.54, 1.807) is 6.07 Å². The fourth-order valence-corrected chi connectivity index (χ4v) is 3.30. The molecule has 2 heterocycles. The van der Waals surface area contributed by atoms with Gasteiger partial charge in [0, 0.05) is 35.9 Å². The molecule has 4 rings (SSSR count). The Hall–Kier alpha value is -3.34. The van der Waals surface area contributed by atoms with Gasteiger partial charge in [-0.2, -0.15) is 0 Å². The van der Waals surface area contributed by atoms with Crippen molar-refractivity contribution in [3.05, 3.63) is 78.1 Å². The van der Waals surface area contributed by atoms with E-state index in [1.807, 2.05) is 36.4 Å². The molecule has 0 atom stereocenters. The second kappa shape index (κ2) is 7.50. The van der Waals surface area contributed by atoms with Crippen molar-refractivity contribution in [2.75, 3.05) is 6.54 Å². The quantitative estimate of drug-likeness (QED) is 0.518. The first kappa shape index (κ1) is 17.1. The standard InChI is InChI=1S/C22H21N3O2/c1-16-14-18-10-5-6-11-20(18)25(16)13-7-12-23-22(26)19-15-21(27-24-19)17-8-3-2-4-9-17/h2-6,8-11,14-15H,7,12-13H2,1H3,(H,23,26). The molecule has 2 aromatic heterocycles. The molecule has 0 saturated heterocycles. The van der Waals surface area contributed by atoms with Crippen molar-refractivity contribution in [1.29, 1.82) is 0 Å². The van der Waals surface area contributed by atoms with Gasteiger partial charge in [-0.3, -0.25) is 4.79 Å². The Kier molecular flexibility index (Phi) is 4.75. The predicted molar refractivity (Wildman–Crippen MR) is 106 cm³/mol. The highest BCUT2D eigenvalue weighted by Crippen LogP contribution is 2.20. The summed E-state index contributed by atoms with van der Waals surface area (Å²) in [5.74, 6) is 0.380. The molecule has 2 aromatic carbocycles. The van der Waals surface area contributed by atoms with Crippen LogP contribution in [0, 0.1) is 6.92 Å². The normalized spacial score (nSPS) is 11.0. The van der Waals surface area contributed by atoms with Crippen LogP contribution in [0.1, 0.15) is 22.6 Å². The van der Waals surface area contributed by atoms with E-state index in [4.69, 9.17) is 4.52 Å². The molecule has 1 N–H and O–H groups in total. The van der Waals surface area contributed by atoms with Crippen molar-refractivity contribution in [2.24, 2.45) is 0 Å². The SMILES string of the molecule is Cc1cc2ccccc2n1CCCNC(=O)c1cc(-c2ccccc2)on1. The number of fused-ring (bicyclic) bond motifs is 1. The Morgan fingerprint density at radius 3 is 2.70 bits per heavy atom. The minimum absolute atomic E-state index is 0.213. The number of hydrogen-bond acceptors (Lipinski definition) is 3. The largest absolute Gasteiger partial charge is 0.355 e. The minimum Gasteiger partial charge on any atom is -0.355 e. The Morgan fingerprint density at radius 2 is 1.85 bits per heavy atom. The lowest BCUT2D eigenvalue weighted by Gasteiger charge is -2.08. The molecule has 5 nitrogen and oxygen atoms in total. The third kappa shape index (κ3) is 3.62. The Bertz CT molecular complexity index is 1060. The minimum atomic E-state index is -0.213. The average molecular weight is 359 g/mol. The maximum absolute atomic E-state index is 12.3. The topological polar surface area (TPSA) is 60.1 Å². The van der Waals surface area contributed by atoms with Crippen LogP contribution in [0.25, 0.3) is 22.2 Å². The van der Waals surface area contributed by atoms with E-state index in [0.717, 1.165) is 18.5 Å². The molecule has 0 aliphatic rings. The lowest BCUT2D eigenvalue weighted by molar-refractivity contribution is 0.0944. The number of para-hydroxylation sites is 1. The van der Waals surface area contributed by atoms with Crippen LogP contribution in [0.4, 0.5) is 0 Å². The highest BCUT2D eigenvalue weighted by molar-refractivity contribution is 5.93. The van der Waals surface area contributed by atoms with Gasteiger partial charge in [-0.15, -0.1) is 0 Å². The van der Waals surface area contributed by atoms with E-state index in [-0.39, 0.29) is 5.91 Å². The number of benzene rings is 2. The summed E-state index contributed by atoms with van der Waals surface area (Å²) in [6, 6.07) is 21.8. The Morgan fingerprint density at radius 1 is 1.07 bits per heavy atom. The third-order valence-electron chi connectivity index (χ3n) is 4.66. The van der Waals surface area contributed by atoms with Crippen LogP contribution >= 0.6 is 0 Å². The molecule has 0 saturated carbocycles. The Balaban J connectivity index is 1.33. The molecular formula is C22H21N3O2. The number of rotatable bonds is 6. The van der Waals surface area contributed by atoms with E-state index in [1.165, 1.54) is 16.6 Å². The molecule has 1 amide bonds. The van der Waals surface area contributed by atoms with Gasteiger partial charge in [-0.05, 0) is 30.9 Å². The number of nitrogens with zero attached hydrogens (tertiary/aromatic N) is 2. The number of hydrogen-bond donors (Lipinski definition) is 1. The molecule has 27 heavy (non-hydrogen) atoms. The number of amides is 1. The maximum atomic E-state index is 12.3. The summed E-state index contributed by atoms with van der Waals surface area (Å²) in [6.45, 7) is 3.55. The van der Waals surface area contributed by atoms with Gasteiger partial charge in [-0.1, -0.05) is 53.7 Å². The summed E-state index contributed by atoms with van der Waals surface area (Å²) < 4.78 is 7.57. The van der Waals surface area contributed by atoms with Crippen molar-refractivity contribution in [1.82, 2.24) is 15.0 Å². The first-order chi connectivity index (χ1) is 13.2. The maximum Gasteiger partial charge on any atom is 0.273 e. The summed E-state index contributed by atoms with van der Waals surface area (Å²) in [7, 11) is 0. The summed E-state index contributed by atoms with van der Waals surface area (Å²) in [5, 5.41) is 8.05. The van der Waals surface area contributed by atoms with Gasteiger partial charge in [0.15, 0.2) is 11.5 Å². The van der Waals surface area contributed by atoms with Crippen LogP contribution in [0.5, 0.6) is 0 Å². The molecule has 0 bridgehead atoms. The fraction of sp³-hybridized carbons (Fsp3) is 0.182. The molecule has 136 valence electrons. The van der Waals surface area contributed by atoms with Gasteiger partial charge >= 0.3 is 0 Å². The van der Waals surface area contributed by atoms with Crippen molar-refractivity contribution in [2.45, 2.75) is 19.9 Å². The first-order valence-corrected chi connectivity index (χ1v) is 9.07. The van der Waals surface area contributed by atoms with E-state index < -0.39 is 0 Å². The molecule has 4 aromatic rings. The van der Waals surface area contributed by atoms with Gasteiger partial charge < -0.3 is 14.4 Å². The monoisotopic (exact) mass is 359 g/mol. The van der Waals surface area contributed by atoms with Crippen molar-refractivity contribution < 1.29 is 9.32 Å². The number of nitrogens with one attached hydrogen (secondary N) is 1. The number of aromatic nitrogens is 2. The van der Waals surface area contributed by atoms with Crippen LogP contribution in [0.15, 0.2) is 71.3 Å². The fourth-order valence-electron chi connectivity index (χ4n) is 3.30. The van der Waals surface area contributed by atoms with Gasteiger partial charge in [0.25, 0.3) is 5.91 Å². The Labute approximate surface area is 157 Å². The van der Waals surface area contributed by atoms with Crippen molar-refractivity contribution >= 4 is 16.8 Å². The molecule has 0 spiro atoms. The number of carbonyl (C=O) groups is 1. The van der Waals surface area contributed by atoms with Gasteiger partial charge in [0.05, 0.1) is 0 Å². The lowest BCUT2D eigenvalue weighted by Crippen LogP contribution is -2.25. The van der Waals surface area contributed by atoms with Gasteiger partial charge in [-0.25, -0.2) is 0 Å². The summed E-state index contributed by atoms with van der Waals surface area (Å²) >= 11 is 0. The van der Waals surface area contributed by atoms with Crippen molar-refractivity contribution in [3.63, 3.8) is 0 Å². The van der Waals surface area contributed by atoms with Crippen LogP contribution in [0.2, 0.25) is 0 Å². The summed E-state index contributed by atoms with van der Waals surface area (Å²) in [6.07, 6.45) is 0.842. The zero-order valence-electron chi connectivity index (χ0n) is 15.2. The predicted octanol–water partition coefficient (Wildman–Crippen LogP) is 4.42. The second-order valence-electron chi connectivity index (χ2n) is 6.55. The average Bonchev–Trinajstić information content (AvgIpc) is 3.31. The molecule has 0 aliphatic carbocycles. The zero-order chi connectivity index (χ0) is 18.6. The molecule has 0 fully saturated rings. The first-order valence-electron chi connectivity index (χ1n) is 9.07. The van der Waals surface area contributed by atoms with E-state index >= 15 is 0 Å². The van der Waals surface area contributed by atoms with E-state index in [9.17, 15) is 4.79 Å². The van der Waals surface area contributed by atoms with Gasteiger partial charge in [0.1, 0.15) is 0 Å². The molecule has 0 aliphatic heterocycles. The lowest BCUT2D eigenvalue weighted by atomic mass is 10.1. The van der Waals surface area contributed by atoms with Crippen LogP contribution < -0.4 is 5.32 Å². The van der Waals surface area contributed by atoms with Crippen LogP contribution in [-0.4, -0.2) is 22.2 Å². The smallest absolute Gasteiger partial charge is 0.273 e. The number of aryl methyl sites for hydroxylation is 2. The third-order valence-corrected chi connectivity index (χ3v) is 4.66. The number of carbonyl (C=O) groups excluding carboxylic acids is 1. The van der Waals surface area contributed by atoms with Crippen molar-refractivity contribution in [3.8, 4) is 11.3 Å². The highest BCUT2D eigenvalue weighted by atomic mass is 16.5. The molecule has 0 radical (unpaired) electrons. The van der Waals surface area contributed by atoms with Gasteiger partial charge in [0.2, 0.25) is 0 Å². The van der Waals surface area contributed by atoms with E-state index in [2.05, 4.69) is 46.2 Å². The van der Waals surface area contributed by atoms with Crippen LogP contribution in [-0.2, 0) is 6.54 Å². The van der Waals surface area contributed by atoms with Crippen LogP contribution in [0.3, 0.4) is 0 Å². The summed E-state index contributed by atoms with van der Waals surface area (Å²) in [4.78, 5) is 12.3. The second-order valence-corrected chi connectivity index (χ2v) is 6.55. The molecular weight excluding hydrogens is 338 g/mol. The van der Waals surface area contributed by atoms with E-state index in [0.29, 0.717) is 18.0 Å². The zero-order valence-corrected chi connectivity index (χ0v) is 15.2. The summed E-state index contributed by atoms with van der Waals surface area (Å²) in [5.41, 5.74) is 3.66. The molecule has 0 unspecified atom stereocenters. The molecule has 5 heteroatoms.